The van der Waals surface area contributed by atoms with Crippen LogP contribution in [0.4, 0.5) is 0 Å². The lowest BCUT2D eigenvalue weighted by atomic mass is 10.2. The second-order valence-corrected chi connectivity index (χ2v) is 5.39. The molecule has 1 aromatic carbocycles. The highest BCUT2D eigenvalue weighted by atomic mass is 32.2. The molecule has 0 aromatic heterocycles. The lowest BCUT2D eigenvalue weighted by molar-refractivity contribution is 0.305. The maximum atomic E-state index is 12.0. The van der Waals surface area contributed by atoms with Crippen molar-refractivity contribution in [3.8, 4) is 11.8 Å². The van der Waals surface area contributed by atoms with Gasteiger partial charge in [-0.05, 0) is 12.1 Å². The van der Waals surface area contributed by atoms with E-state index in [4.69, 9.17) is 5.11 Å². The number of sulfonamides is 1. The summed E-state index contributed by atoms with van der Waals surface area (Å²) in [5, 5.41) is 10.0. The van der Waals surface area contributed by atoms with E-state index >= 15 is 0 Å². The molecule has 0 aliphatic carbocycles. The van der Waals surface area contributed by atoms with E-state index in [1.54, 1.807) is 32.3 Å². The van der Waals surface area contributed by atoms with E-state index in [0.29, 0.717) is 12.0 Å². The van der Waals surface area contributed by atoms with Gasteiger partial charge < -0.3 is 5.11 Å². The Bertz CT molecular complexity index is 556. The first kappa shape index (κ1) is 14.7. The molecule has 1 aromatic rings. The van der Waals surface area contributed by atoms with Crippen LogP contribution in [0.1, 0.15) is 12.0 Å². The Hall–Kier alpha value is -1.39. The van der Waals surface area contributed by atoms with Crippen molar-refractivity contribution in [2.45, 2.75) is 11.3 Å². The lowest BCUT2D eigenvalue weighted by Crippen LogP contribution is -2.36. The van der Waals surface area contributed by atoms with Gasteiger partial charge >= 0.3 is 0 Å². The largest absolute Gasteiger partial charge is 0.395 e. The molecule has 0 aliphatic rings. The first-order valence-electron chi connectivity index (χ1n) is 5.36. The number of rotatable bonds is 4. The molecular weight excluding hydrogens is 252 g/mol. The average Bonchev–Trinajstić information content (AvgIpc) is 2.28. The highest BCUT2D eigenvalue weighted by molar-refractivity contribution is 7.89. The Kier molecular flexibility index (Phi) is 5.31. The van der Waals surface area contributed by atoms with E-state index in [2.05, 4.69) is 16.7 Å². The monoisotopic (exact) mass is 268 g/mol. The molecule has 1 rings (SSSR count). The highest BCUT2D eigenvalue weighted by Crippen LogP contribution is 2.14. The van der Waals surface area contributed by atoms with Crippen molar-refractivity contribution in [2.24, 2.45) is 0 Å². The third-order valence-electron chi connectivity index (χ3n) is 1.94. The maximum Gasteiger partial charge on any atom is 0.254 e. The van der Waals surface area contributed by atoms with Gasteiger partial charge in [0.15, 0.2) is 0 Å². The molecule has 0 heterocycles. The zero-order valence-corrected chi connectivity index (χ0v) is 11.2. The zero-order chi connectivity index (χ0) is 13.6. The molecule has 0 saturated carbocycles. The lowest BCUT2D eigenvalue weighted by Gasteiger charge is -2.13. The van der Waals surface area contributed by atoms with Crippen LogP contribution >= 0.6 is 0 Å². The maximum absolute atomic E-state index is 12.0. The molecule has 0 unspecified atom stereocenters. The molecule has 5 nitrogen and oxygen atoms in total. The molecule has 0 atom stereocenters. The average molecular weight is 268 g/mol. The second-order valence-electron chi connectivity index (χ2n) is 3.76. The minimum atomic E-state index is -3.62. The van der Waals surface area contributed by atoms with Gasteiger partial charge in [0.25, 0.3) is 10.0 Å². The number of nitrogens with zero attached hydrogens (tertiary/aromatic N) is 1. The molecule has 2 N–H and O–H groups in total. The topological polar surface area (TPSA) is 69.6 Å². The predicted molar refractivity (Wildman–Crippen MR) is 69.0 cm³/mol. The summed E-state index contributed by atoms with van der Waals surface area (Å²) in [5.74, 6) is 5.46. The van der Waals surface area contributed by atoms with E-state index in [0.717, 1.165) is 0 Å². The number of hydrogen-bond acceptors (Lipinski definition) is 4. The fraction of sp³-hybridized carbons (Fsp3) is 0.333. The van der Waals surface area contributed by atoms with Crippen LogP contribution in [-0.2, 0) is 10.0 Å². The molecule has 98 valence electrons. The number of aliphatic hydroxyl groups excluding tert-OH is 1. The van der Waals surface area contributed by atoms with Crippen LogP contribution in [0.25, 0.3) is 0 Å². The summed E-state index contributed by atoms with van der Waals surface area (Å²) < 4.78 is 24.1. The van der Waals surface area contributed by atoms with Crippen molar-refractivity contribution in [1.82, 2.24) is 9.84 Å². The van der Waals surface area contributed by atoms with Crippen molar-refractivity contribution in [2.75, 3.05) is 20.7 Å². The van der Waals surface area contributed by atoms with Crippen LogP contribution in [0.2, 0.25) is 0 Å². The molecular formula is C12H16N2O3S. The summed E-state index contributed by atoms with van der Waals surface area (Å²) in [6.07, 6.45) is 0.315. The van der Waals surface area contributed by atoms with E-state index in [1.165, 1.54) is 11.1 Å². The molecule has 0 spiro atoms. The zero-order valence-electron chi connectivity index (χ0n) is 10.3. The van der Waals surface area contributed by atoms with E-state index < -0.39 is 10.0 Å². The summed E-state index contributed by atoms with van der Waals surface area (Å²) in [5.41, 5.74) is 0.417. The van der Waals surface area contributed by atoms with E-state index in [-0.39, 0.29) is 11.5 Å². The standard InChI is InChI=1S/C12H16N2O3S/c1-14(2)13-18(16,17)12-9-4-3-7-11(12)8-5-6-10-15/h3-4,7,9,13,15H,6,10H2,1-2H3. The van der Waals surface area contributed by atoms with Crippen molar-refractivity contribution in [3.05, 3.63) is 29.8 Å². The highest BCUT2D eigenvalue weighted by Gasteiger charge is 2.17. The summed E-state index contributed by atoms with van der Waals surface area (Å²) in [6.45, 7) is -0.0438. The van der Waals surface area contributed by atoms with Crippen molar-refractivity contribution in [3.63, 3.8) is 0 Å². The van der Waals surface area contributed by atoms with Gasteiger partial charge in [-0.1, -0.05) is 24.0 Å². The summed E-state index contributed by atoms with van der Waals surface area (Å²) in [4.78, 5) is 2.48. The van der Waals surface area contributed by atoms with Gasteiger partial charge in [-0.3, -0.25) is 0 Å². The SMILES string of the molecule is CN(C)NS(=O)(=O)c1ccccc1C#CCCO. The summed E-state index contributed by atoms with van der Waals surface area (Å²) >= 11 is 0. The third-order valence-corrected chi connectivity index (χ3v) is 3.48. The molecule has 0 saturated heterocycles. The van der Waals surface area contributed by atoms with Crippen LogP contribution in [0.3, 0.4) is 0 Å². The molecule has 0 aliphatic heterocycles. The smallest absolute Gasteiger partial charge is 0.254 e. The van der Waals surface area contributed by atoms with Gasteiger partial charge in [-0.25, -0.2) is 13.4 Å². The minimum absolute atomic E-state index is 0.0438. The van der Waals surface area contributed by atoms with E-state index in [9.17, 15) is 8.42 Å². The Balaban J connectivity index is 3.14. The fourth-order valence-electron chi connectivity index (χ4n) is 1.31. The van der Waals surface area contributed by atoms with Gasteiger partial charge in [0.2, 0.25) is 0 Å². The summed E-state index contributed by atoms with van der Waals surface area (Å²) in [7, 11) is -0.427. The van der Waals surface area contributed by atoms with Crippen LogP contribution in [0, 0.1) is 11.8 Å². The Morgan fingerprint density at radius 2 is 2.00 bits per heavy atom. The Labute approximate surface area is 107 Å². The number of aliphatic hydroxyl groups is 1. The predicted octanol–water partition coefficient (Wildman–Crippen LogP) is 0.175. The second kappa shape index (κ2) is 6.52. The molecule has 0 amide bonds. The van der Waals surface area contributed by atoms with Crippen molar-refractivity contribution in [1.29, 1.82) is 0 Å². The molecule has 0 fully saturated rings. The molecule has 6 heteroatoms. The molecule has 0 bridgehead atoms. The van der Waals surface area contributed by atoms with Gasteiger partial charge in [0.05, 0.1) is 11.5 Å². The molecule has 0 radical (unpaired) electrons. The van der Waals surface area contributed by atoms with Gasteiger partial charge in [0, 0.05) is 26.1 Å². The van der Waals surface area contributed by atoms with E-state index in [1.807, 2.05) is 0 Å². The Morgan fingerprint density at radius 1 is 1.33 bits per heavy atom. The molecule has 18 heavy (non-hydrogen) atoms. The van der Waals surface area contributed by atoms with Crippen LogP contribution in [0.5, 0.6) is 0 Å². The number of hydrazine groups is 1. The quantitative estimate of drug-likeness (QED) is 0.603. The normalized spacial score (nSPS) is 11.1. The van der Waals surface area contributed by atoms with Crippen molar-refractivity contribution >= 4 is 10.0 Å². The first-order valence-corrected chi connectivity index (χ1v) is 6.84. The van der Waals surface area contributed by atoms with Gasteiger partial charge in [0.1, 0.15) is 0 Å². The third kappa shape index (κ3) is 4.13. The van der Waals surface area contributed by atoms with Gasteiger partial charge in [-0.15, -0.1) is 4.83 Å². The van der Waals surface area contributed by atoms with Crippen LogP contribution in [-0.4, -0.2) is 39.2 Å². The fourth-order valence-corrected chi connectivity index (χ4v) is 2.55. The van der Waals surface area contributed by atoms with Crippen LogP contribution < -0.4 is 4.83 Å². The number of nitrogens with one attached hydrogen (secondary N) is 1. The minimum Gasteiger partial charge on any atom is -0.395 e. The Morgan fingerprint density at radius 3 is 2.61 bits per heavy atom. The van der Waals surface area contributed by atoms with Crippen LogP contribution in [0.15, 0.2) is 29.2 Å². The number of benzene rings is 1. The summed E-state index contributed by atoms with van der Waals surface area (Å²) in [6, 6.07) is 6.49. The van der Waals surface area contributed by atoms with Gasteiger partial charge in [-0.2, -0.15) is 0 Å². The number of hydrogen-bond donors (Lipinski definition) is 2. The first-order chi connectivity index (χ1) is 8.47. The van der Waals surface area contributed by atoms with Crippen molar-refractivity contribution < 1.29 is 13.5 Å².